The number of anilines is 2. The van der Waals surface area contributed by atoms with E-state index in [2.05, 4.69) is 66.1 Å². The number of amides is 3. The number of carbonyl (C=O) groups is 3. The largest absolute Gasteiger partial charge is 0.369 e. The number of nitrogens with zero attached hydrogens (tertiary/aromatic N) is 2. The number of thioether (sulfide) groups is 1. The third kappa shape index (κ3) is 4.79. The molecule has 0 aromatic heterocycles. The van der Waals surface area contributed by atoms with E-state index in [9.17, 15) is 14.4 Å². The van der Waals surface area contributed by atoms with Gasteiger partial charge >= 0.3 is 0 Å². The van der Waals surface area contributed by atoms with Crippen molar-refractivity contribution in [3.63, 3.8) is 0 Å². The smallest absolute Gasteiger partial charge is 0.294 e. The van der Waals surface area contributed by atoms with Gasteiger partial charge in [-0.1, -0.05) is 22.9 Å². The number of aryl methyl sites for hydroxylation is 1. The predicted octanol–water partition coefficient (Wildman–Crippen LogP) is 6.15. The number of halogens is 1. The van der Waals surface area contributed by atoms with Crippen LogP contribution in [0.3, 0.4) is 0 Å². The first kappa shape index (κ1) is 24.5. The summed E-state index contributed by atoms with van der Waals surface area (Å²) in [5.41, 5.74) is 5.07. The highest BCUT2D eigenvalue weighted by Crippen LogP contribution is 2.44. The van der Waals surface area contributed by atoms with Crippen LogP contribution in [0.25, 0.3) is 6.08 Å². The summed E-state index contributed by atoms with van der Waals surface area (Å²) in [6, 6.07) is 11.4. The van der Waals surface area contributed by atoms with Crippen molar-refractivity contribution < 1.29 is 14.4 Å². The first-order valence-corrected chi connectivity index (χ1v) is 12.8. The minimum absolute atomic E-state index is 0.0693. The molecule has 0 radical (unpaired) electrons. The lowest BCUT2D eigenvalue weighted by molar-refractivity contribution is -0.127. The SMILES string of the molecule is Cc1cc2c(cc1/C=C1\SC(=O)N(CC(=O)Nc3ccc(Br)cc3)C1=O)[C@H](C)CC(C)(C)N2C. The first-order valence-electron chi connectivity index (χ1n) is 11.2. The Balaban J connectivity index is 1.54. The van der Waals surface area contributed by atoms with Crippen LogP contribution in [0.15, 0.2) is 45.8 Å². The molecular formula is C26H28BrN3O3S. The molecule has 0 bridgehead atoms. The second kappa shape index (κ2) is 9.23. The van der Waals surface area contributed by atoms with Gasteiger partial charge in [0, 0.05) is 28.4 Å². The minimum atomic E-state index is -0.440. The molecule has 1 atom stereocenters. The lowest BCUT2D eigenvalue weighted by Gasteiger charge is -2.45. The molecule has 4 rings (SSSR count). The maximum atomic E-state index is 13.0. The number of rotatable bonds is 4. The monoisotopic (exact) mass is 541 g/mol. The molecule has 2 aliphatic heterocycles. The Morgan fingerprint density at radius 3 is 2.59 bits per heavy atom. The van der Waals surface area contributed by atoms with Crippen LogP contribution in [0.2, 0.25) is 0 Å². The Labute approximate surface area is 212 Å². The fraction of sp³-hybridized carbons (Fsp3) is 0.346. The molecular weight excluding hydrogens is 514 g/mol. The van der Waals surface area contributed by atoms with E-state index < -0.39 is 17.1 Å². The summed E-state index contributed by atoms with van der Waals surface area (Å²) < 4.78 is 0.892. The van der Waals surface area contributed by atoms with Crippen LogP contribution >= 0.6 is 27.7 Å². The van der Waals surface area contributed by atoms with Crippen LogP contribution in [0.4, 0.5) is 16.2 Å². The number of hydrogen-bond acceptors (Lipinski definition) is 5. The molecule has 178 valence electrons. The molecule has 0 spiro atoms. The second-order valence-electron chi connectivity index (χ2n) is 9.57. The molecule has 2 aromatic rings. The van der Waals surface area contributed by atoms with Crippen molar-refractivity contribution in [3.8, 4) is 0 Å². The summed E-state index contributed by atoms with van der Waals surface area (Å²) in [5.74, 6) is -0.481. The summed E-state index contributed by atoms with van der Waals surface area (Å²) in [6.45, 7) is 8.42. The Morgan fingerprint density at radius 2 is 1.91 bits per heavy atom. The van der Waals surface area contributed by atoms with E-state index in [0.717, 1.165) is 38.7 Å². The lowest BCUT2D eigenvalue weighted by Crippen LogP contribution is -2.45. The van der Waals surface area contributed by atoms with Crippen molar-refractivity contribution >= 4 is 62.2 Å². The van der Waals surface area contributed by atoms with Gasteiger partial charge in [0.05, 0.1) is 4.91 Å². The molecule has 34 heavy (non-hydrogen) atoms. The Bertz CT molecular complexity index is 1210. The minimum Gasteiger partial charge on any atom is -0.369 e. The molecule has 2 aromatic carbocycles. The van der Waals surface area contributed by atoms with E-state index >= 15 is 0 Å². The third-order valence-electron chi connectivity index (χ3n) is 6.61. The Kier molecular flexibility index (Phi) is 6.66. The van der Waals surface area contributed by atoms with Gasteiger partial charge in [0.1, 0.15) is 6.54 Å². The predicted molar refractivity (Wildman–Crippen MR) is 142 cm³/mol. The molecule has 0 unspecified atom stereocenters. The van der Waals surface area contributed by atoms with Gasteiger partial charge in [-0.3, -0.25) is 19.3 Å². The normalized spacial score (nSPS) is 20.6. The lowest BCUT2D eigenvalue weighted by atomic mass is 9.79. The van der Waals surface area contributed by atoms with Crippen molar-refractivity contribution in [2.45, 2.75) is 45.6 Å². The maximum absolute atomic E-state index is 13.0. The molecule has 2 aliphatic rings. The van der Waals surface area contributed by atoms with E-state index in [1.807, 2.05) is 6.92 Å². The Hall–Kier alpha value is -2.58. The van der Waals surface area contributed by atoms with E-state index in [1.54, 1.807) is 30.3 Å². The van der Waals surface area contributed by atoms with Gasteiger partial charge in [-0.25, -0.2) is 0 Å². The van der Waals surface area contributed by atoms with Crippen molar-refractivity contribution in [1.82, 2.24) is 4.90 Å². The number of carbonyl (C=O) groups excluding carboxylic acids is 3. The fourth-order valence-electron chi connectivity index (χ4n) is 4.54. The zero-order chi connectivity index (χ0) is 24.8. The van der Waals surface area contributed by atoms with Crippen LogP contribution in [0, 0.1) is 6.92 Å². The van der Waals surface area contributed by atoms with E-state index in [-0.39, 0.29) is 12.1 Å². The molecule has 8 heteroatoms. The molecule has 0 saturated carbocycles. The average Bonchev–Trinajstić information content (AvgIpc) is 3.02. The zero-order valence-corrected chi connectivity index (χ0v) is 22.3. The summed E-state index contributed by atoms with van der Waals surface area (Å²) in [6.07, 6.45) is 2.81. The van der Waals surface area contributed by atoms with Gasteiger partial charge in [-0.05, 0) is 104 Å². The summed E-state index contributed by atoms with van der Waals surface area (Å²) in [7, 11) is 2.12. The standard InChI is InChI=1S/C26H28BrN3O3S/c1-15-10-21-20(16(2)13-26(3,4)29(21)5)11-17(15)12-22-24(32)30(25(33)34-22)14-23(31)28-19-8-6-18(27)7-9-19/h6-12,16H,13-14H2,1-5H3,(H,28,31)/b22-12-/t16-/m1/s1. The van der Waals surface area contributed by atoms with Gasteiger partial charge < -0.3 is 10.2 Å². The van der Waals surface area contributed by atoms with Crippen LogP contribution < -0.4 is 10.2 Å². The molecule has 3 amide bonds. The number of imide groups is 1. The highest BCUT2D eigenvalue weighted by atomic mass is 79.9. The van der Waals surface area contributed by atoms with E-state index in [1.165, 1.54) is 11.3 Å². The van der Waals surface area contributed by atoms with Crippen molar-refractivity contribution in [1.29, 1.82) is 0 Å². The van der Waals surface area contributed by atoms with Crippen LogP contribution in [0.1, 0.15) is 49.8 Å². The fourth-order valence-corrected chi connectivity index (χ4v) is 5.64. The van der Waals surface area contributed by atoms with Crippen molar-refractivity contribution in [2.75, 3.05) is 23.8 Å². The Morgan fingerprint density at radius 1 is 1.24 bits per heavy atom. The second-order valence-corrected chi connectivity index (χ2v) is 11.5. The summed E-state index contributed by atoms with van der Waals surface area (Å²) in [4.78, 5) is 41.6. The average molecular weight is 542 g/mol. The summed E-state index contributed by atoms with van der Waals surface area (Å²) in [5, 5.41) is 2.28. The number of fused-ring (bicyclic) bond motifs is 1. The maximum Gasteiger partial charge on any atom is 0.294 e. The van der Waals surface area contributed by atoms with Crippen molar-refractivity contribution in [3.05, 3.63) is 62.5 Å². The third-order valence-corrected chi connectivity index (χ3v) is 8.05. The van der Waals surface area contributed by atoms with Crippen LogP contribution in [0.5, 0.6) is 0 Å². The number of hydrogen-bond donors (Lipinski definition) is 1. The molecule has 1 fully saturated rings. The molecule has 1 saturated heterocycles. The molecule has 2 heterocycles. The highest BCUT2D eigenvalue weighted by molar-refractivity contribution is 9.10. The topological polar surface area (TPSA) is 69.7 Å². The van der Waals surface area contributed by atoms with Gasteiger partial charge in [-0.15, -0.1) is 0 Å². The van der Waals surface area contributed by atoms with Crippen LogP contribution in [-0.2, 0) is 9.59 Å². The molecule has 0 aliphatic carbocycles. The first-order chi connectivity index (χ1) is 16.0. The highest BCUT2D eigenvalue weighted by Gasteiger charge is 2.37. The van der Waals surface area contributed by atoms with Gasteiger partial charge in [0.25, 0.3) is 11.1 Å². The summed E-state index contributed by atoms with van der Waals surface area (Å²) >= 11 is 4.22. The van der Waals surface area contributed by atoms with E-state index in [4.69, 9.17) is 0 Å². The molecule has 6 nitrogen and oxygen atoms in total. The van der Waals surface area contributed by atoms with Gasteiger partial charge in [0.2, 0.25) is 5.91 Å². The van der Waals surface area contributed by atoms with Gasteiger partial charge in [-0.2, -0.15) is 0 Å². The van der Waals surface area contributed by atoms with Crippen molar-refractivity contribution in [2.24, 2.45) is 0 Å². The molecule has 1 N–H and O–H groups in total. The van der Waals surface area contributed by atoms with Crippen LogP contribution in [-0.4, -0.2) is 41.1 Å². The number of benzene rings is 2. The zero-order valence-electron chi connectivity index (χ0n) is 19.9. The van der Waals surface area contributed by atoms with E-state index in [0.29, 0.717) is 16.5 Å². The number of nitrogens with one attached hydrogen (secondary N) is 1. The quantitative estimate of drug-likeness (QED) is 0.469. The van der Waals surface area contributed by atoms with Gasteiger partial charge in [0.15, 0.2) is 0 Å².